The Morgan fingerprint density at radius 3 is 2.07 bits per heavy atom. The van der Waals surface area contributed by atoms with E-state index in [9.17, 15) is 0 Å². The highest BCUT2D eigenvalue weighted by molar-refractivity contribution is 6.17. The van der Waals surface area contributed by atoms with Crippen LogP contribution >= 0.6 is 11.6 Å². The fraction of sp³-hybridized carbons (Fsp3) is 1.00. The van der Waals surface area contributed by atoms with Gasteiger partial charge in [0.25, 0.3) is 0 Å². The molecule has 1 saturated carbocycles. The number of alkyl halides is 1. The van der Waals surface area contributed by atoms with Gasteiger partial charge in [0.15, 0.2) is 0 Å². The molecule has 0 radical (unpaired) electrons. The lowest BCUT2D eigenvalue weighted by Gasteiger charge is -2.12. The second-order valence-electron chi connectivity index (χ2n) is 4.75. The summed E-state index contributed by atoms with van der Waals surface area (Å²) < 4.78 is 0. The zero-order valence-electron chi connectivity index (χ0n) is 9.44. The Kier molecular flexibility index (Phi) is 7.58. The van der Waals surface area contributed by atoms with Crippen LogP contribution in [0, 0.1) is 5.92 Å². The van der Waals surface area contributed by atoms with Gasteiger partial charge in [-0.25, -0.2) is 0 Å². The predicted octanol–water partition coefficient (Wildman–Crippen LogP) is 5.15. The van der Waals surface area contributed by atoms with Crippen molar-refractivity contribution >= 4 is 11.6 Å². The van der Waals surface area contributed by atoms with Gasteiger partial charge in [-0.15, -0.1) is 11.6 Å². The molecule has 1 aliphatic rings. The highest BCUT2D eigenvalue weighted by Gasteiger charge is 2.11. The summed E-state index contributed by atoms with van der Waals surface area (Å²) in [5.74, 6) is 1.91. The van der Waals surface area contributed by atoms with E-state index in [4.69, 9.17) is 11.6 Å². The van der Waals surface area contributed by atoms with Crippen molar-refractivity contribution in [2.45, 2.75) is 70.6 Å². The van der Waals surface area contributed by atoms with Gasteiger partial charge in [-0.05, 0) is 12.3 Å². The summed E-state index contributed by atoms with van der Waals surface area (Å²) in [5, 5.41) is 0. The Hall–Kier alpha value is 0.290. The van der Waals surface area contributed by atoms with Crippen molar-refractivity contribution in [2.75, 3.05) is 5.88 Å². The molecule has 0 unspecified atom stereocenters. The molecule has 1 aliphatic carbocycles. The van der Waals surface area contributed by atoms with Crippen LogP contribution in [-0.4, -0.2) is 5.88 Å². The van der Waals surface area contributed by atoms with Crippen LogP contribution in [0.3, 0.4) is 0 Å². The van der Waals surface area contributed by atoms with Crippen molar-refractivity contribution < 1.29 is 0 Å². The summed E-state index contributed by atoms with van der Waals surface area (Å²) in [4.78, 5) is 0. The maximum absolute atomic E-state index is 5.65. The standard InChI is InChI=1S/C13H25Cl/c14-12-8-4-3-7-11-13-9-5-1-2-6-10-13/h13H,1-12H2. The molecule has 1 fully saturated rings. The van der Waals surface area contributed by atoms with Crippen molar-refractivity contribution in [2.24, 2.45) is 5.92 Å². The van der Waals surface area contributed by atoms with Gasteiger partial charge in [-0.3, -0.25) is 0 Å². The van der Waals surface area contributed by atoms with Gasteiger partial charge in [-0.1, -0.05) is 64.2 Å². The maximum Gasteiger partial charge on any atom is 0.0223 e. The second-order valence-corrected chi connectivity index (χ2v) is 5.13. The average Bonchev–Trinajstić information content (AvgIpc) is 2.46. The largest absolute Gasteiger partial charge is 0.127 e. The molecule has 0 bridgehead atoms. The molecule has 0 N–H and O–H groups in total. The molecular weight excluding hydrogens is 192 g/mol. The van der Waals surface area contributed by atoms with Crippen molar-refractivity contribution in [3.05, 3.63) is 0 Å². The van der Waals surface area contributed by atoms with Gasteiger partial charge in [0, 0.05) is 5.88 Å². The Bertz CT molecular complexity index is 114. The van der Waals surface area contributed by atoms with E-state index in [1.165, 1.54) is 70.6 Å². The quantitative estimate of drug-likeness (QED) is 0.328. The van der Waals surface area contributed by atoms with Crippen LogP contribution in [0.4, 0.5) is 0 Å². The summed E-state index contributed by atoms with van der Waals surface area (Å²) >= 11 is 5.65. The Labute approximate surface area is 94.4 Å². The first-order valence-electron chi connectivity index (χ1n) is 6.49. The molecule has 1 heteroatoms. The van der Waals surface area contributed by atoms with E-state index in [-0.39, 0.29) is 0 Å². The zero-order chi connectivity index (χ0) is 10.1. The van der Waals surface area contributed by atoms with E-state index >= 15 is 0 Å². The summed E-state index contributed by atoms with van der Waals surface area (Å²) in [6.07, 6.45) is 15.9. The fourth-order valence-electron chi connectivity index (χ4n) is 2.53. The number of halogens is 1. The highest BCUT2D eigenvalue weighted by Crippen LogP contribution is 2.27. The van der Waals surface area contributed by atoms with E-state index in [1.807, 2.05) is 0 Å². The fourth-order valence-corrected chi connectivity index (χ4v) is 2.72. The van der Waals surface area contributed by atoms with E-state index in [0.717, 1.165) is 11.8 Å². The normalized spacial score (nSPS) is 19.5. The minimum atomic E-state index is 0.851. The topological polar surface area (TPSA) is 0 Å². The molecule has 1 rings (SSSR count). The van der Waals surface area contributed by atoms with Gasteiger partial charge >= 0.3 is 0 Å². The SMILES string of the molecule is ClCCCCCCC1CCCCCC1. The van der Waals surface area contributed by atoms with E-state index in [2.05, 4.69) is 0 Å². The Morgan fingerprint density at radius 1 is 0.786 bits per heavy atom. The van der Waals surface area contributed by atoms with Crippen LogP contribution in [0.5, 0.6) is 0 Å². The molecular formula is C13H25Cl. The minimum Gasteiger partial charge on any atom is -0.127 e. The van der Waals surface area contributed by atoms with Crippen LogP contribution in [0.2, 0.25) is 0 Å². The number of unbranched alkanes of at least 4 members (excludes halogenated alkanes) is 3. The lowest BCUT2D eigenvalue weighted by atomic mass is 9.94. The third-order valence-corrected chi connectivity index (χ3v) is 3.74. The first kappa shape index (κ1) is 12.4. The summed E-state index contributed by atoms with van der Waals surface area (Å²) in [6, 6.07) is 0. The molecule has 0 aromatic rings. The van der Waals surface area contributed by atoms with Gasteiger partial charge in [0.05, 0.1) is 0 Å². The summed E-state index contributed by atoms with van der Waals surface area (Å²) in [7, 11) is 0. The Balaban J connectivity index is 1.93. The maximum atomic E-state index is 5.65. The van der Waals surface area contributed by atoms with Crippen LogP contribution in [0.25, 0.3) is 0 Å². The molecule has 84 valence electrons. The molecule has 0 atom stereocenters. The van der Waals surface area contributed by atoms with E-state index in [0.29, 0.717) is 0 Å². The van der Waals surface area contributed by atoms with Crippen molar-refractivity contribution in [3.63, 3.8) is 0 Å². The first-order chi connectivity index (χ1) is 6.93. The predicted molar refractivity (Wildman–Crippen MR) is 65.0 cm³/mol. The van der Waals surface area contributed by atoms with E-state index in [1.54, 1.807) is 0 Å². The first-order valence-corrected chi connectivity index (χ1v) is 7.03. The van der Waals surface area contributed by atoms with Gasteiger partial charge in [-0.2, -0.15) is 0 Å². The second kappa shape index (κ2) is 8.59. The van der Waals surface area contributed by atoms with Crippen molar-refractivity contribution in [1.29, 1.82) is 0 Å². The lowest BCUT2D eigenvalue weighted by Crippen LogP contribution is -1.98. The Morgan fingerprint density at radius 2 is 1.43 bits per heavy atom. The molecule has 0 aromatic carbocycles. The number of hydrogen-bond donors (Lipinski definition) is 0. The number of hydrogen-bond acceptors (Lipinski definition) is 0. The van der Waals surface area contributed by atoms with Gasteiger partial charge < -0.3 is 0 Å². The highest BCUT2D eigenvalue weighted by atomic mass is 35.5. The van der Waals surface area contributed by atoms with Crippen LogP contribution in [0.1, 0.15) is 70.6 Å². The summed E-state index contributed by atoms with van der Waals surface area (Å²) in [5.41, 5.74) is 0. The average molecular weight is 217 g/mol. The van der Waals surface area contributed by atoms with Crippen molar-refractivity contribution in [1.82, 2.24) is 0 Å². The third-order valence-electron chi connectivity index (χ3n) is 3.47. The smallest absolute Gasteiger partial charge is 0.0223 e. The minimum absolute atomic E-state index is 0.851. The monoisotopic (exact) mass is 216 g/mol. The molecule has 0 aromatic heterocycles. The third kappa shape index (κ3) is 5.90. The van der Waals surface area contributed by atoms with Crippen LogP contribution in [-0.2, 0) is 0 Å². The molecule has 0 nitrogen and oxygen atoms in total. The molecule has 0 spiro atoms. The molecule has 0 heterocycles. The van der Waals surface area contributed by atoms with Crippen LogP contribution < -0.4 is 0 Å². The zero-order valence-corrected chi connectivity index (χ0v) is 10.2. The summed E-state index contributed by atoms with van der Waals surface area (Å²) in [6.45, 7) is 0. The molecule has 0 saturated heterocycles. The van der Waals surface area contributed by atoms with Crippen molar-refractivity contribution in [3.8, 4) is 0 Å². The van der Waals surface area contributed by atoms with E-state index < -0.39 is 0 Å². The van der Waals surface area contributed by atoms with Gasteiger partial charge in [0.2, 0.25) is 0 Å². The van der Waals surface area contributed by atoms with Crippen LogP contribution in [0.15, 0.2) is 0 Å². The number of rotatable bonds is 6. The molecule has 14 heavy (non-hydrogen) atoms. The lowest BCUT2D eigenvalue weighted by molar-refractivity contribution is 0.406. The molecule has 0 aliphatic heterocycles. The van der Waals surface area contributed by atoms with Gasteiger partial charge in [0.1, 0.15) is 0 Å². The molecule has 0 amide bonds.